The summed E-state index contributed by atoms with van der Waals surface area (Å²) < 4.78 is 23.3. The molecule has 1 amide bonds. The molecule has 1 aliphatic heterocycles. The predicted molar refractivity (Wildman–Crippen MR) is 91.9 cm³/mol. The van der Waals surface area contributed by atoms with E-state index in [4.69, 9.17) is 0 Å². The minimum absolute atomic E-state index is 0.0132. The topological polar surface area (TPSA) is 66.5 Å². The van der Waals surface area contributed by atoms with Crippen LogP contribution in [0.5, 0.6) is 0 Å². The fourth-order valence-electron chi connectivity index (χ4n) is 3.00. The largest absolute Gasteiger partial charge is 0.341 e. The van der Waals surface area contributed by atoms with Crippen molar-refractivity contribution in [2.75, 3.05) is 31.6 Å². The van der Waals surface area contributed by atoms with Crippen LogP contribution in [0.4, 0.5) is 0 Å². The molecule has 0 radical (unpaired) electrons. The zero-order valence-corrected chi connectivity index (χ0v) is 14.7. The minimum Gasteiger partial charge on any atom is -0.341 e. The molecule has 1 heterocycles. The Morgan fingerprint density at radius 1 is 1.35 bits per heavy atom. The second kappa shape index (κ2) is 7.93. The highest BCUT2D eigenvalue weighted by atomic mass is 32.2. The fourth-order valence-corrected chi connectivity index (χ4v) is 3.92. The number of rotatable bonds is 6. The lowest BCUT2D eigenvalue weighted by atomic mass is 10.0. The van der Waals surface area contributed by atoms with Crippen LogP contribution in [0.2, 0.25) is 0 Å². The minimum atomic E-state index is -3.14. The van der Waals surface area contributed by atoms with Gasteiger partial charge in [-0.15, -0.1) is 0 Å². The van der Waals surface area contributed by atoms with Gasteiger partial charge >= 0.3 is 0 Å². The maximum absolute atomic E-state index is 12.4. The Morgan fingerprint density at radius 3 is 2.65 bits per heavy atom. The van der Waals surface area contributed by atoms with E-state index in [0.717, 1.165) is 31.5 Å². The Labute approximate surface area is 139 Å². The first-order valence-corrected chi connectivity index (χ1v) is 10.1. The lowest BCUT2D eigenvalue weighted by Crippen LogP contribution is -2.44. The first-order valence-electron chi connectivity index (χ1n) is 8.09. The summed E-state index contributed by atoms with van der Waals surface area (Å²) in [6.07, 6.45) is 3.43. The number of carbonyl (C=O) groups is 1. The molecule has 0 spiro atoms. The molecule has 5 nitrogen and oxygen atoms in total. The number of benzene rings is 1. The molecule has 1 saturated heterocycles. The number of amides is 1. The molecule has 1 aliphatic rings. The third kappa shape index (κ3) is 5.95. The van der Waals surface area contributed by atoms with Gasteiger partial charge in [-0.05, 0) is 24.3 Å². The normalized spacial score (nSPS) is 20.3. The number of nitrogens with zero attached hydrogens (tertiary/aromatic N) is 1. The zero-order chi connectivity index (χ0) is 16.9. The van der Waals surface area contributed by atoms with Gasteiger partial charge < -0.3 is 10.2 Å². The van der Waals surface area contributed by atoms with Crippen LogP contribution in [0.3, 0.4) is 0 Å². The summed E-state index contributed by atoms with van der Waals surface area (Å²) in [6.45, 7) is 3.92. The molecule has 2 rings (SSSR count). The highest BCUT2D eigenvalue weighted by Gasteiger charge is 2.23. The van der Waals surface area contributed by atoms with Crippen molar-refractivity contribution in [1.29, 1.82) is 0 Å². The van der Waals surface area contributed by atoms with E-state index in [1.165, 1.54) is 6.26 Å². The molecule has 128 valence electrons. The number of carbonyl (C=O) groups excluding carboxylic acids is 1. The molecular weight excluding hydrogens is 312 g/mol. The van der Waals surface area contributed by atoms with E-state index >= 15 is 0 Å². The molecule has 23 heavy (non-hydrogen) atoms. The molecule has 0 saturated carbocycles. The first kappa shape index (κ1) is 17.9. The first-order chi connectivity index (χ1) is 10.8. The molecule has 0 aromatic heterocycles. The quantitative estimate of drug-likeness (QED) is 0.856. The van der Waals surface area contributed by atoms with Crippen molar-refractivity contribution >= 4 is 15.7 Å². The average molecular weight is 338 g/mol. The summed E-state index contributed by atoms with van der Waals surface area (Å²) in [6, 6.07) is 9.05. The van der Waals surface area contributed by atoms with E-state index in [1.54, 1.807) is 0 Å². The number of piperidine rings is 1. The van der Waals surface area contributed by atoms with Gasteiger partial charge in [-0.2, -0.15) is 0 Å². The molecular formula is C17H26N2O3S. The van der Waals surface area contributed by atoms with Crippen LogP contribution >= 0.6 is 0 Å². The van der Waals surface area contributed by atoms with Gasteiger partial charge in [0.15, 0.2) is 0 Å². The van der Waals surface area contributed by atoms with Crippen LogP contribution in [-0.4, -0.2) is 50.9 Å². The fraction of sp³-hybridized carbons (Fsp3) is 0.588. The van der Waals surface area contributed by atoms with Crippen molar-refractivity contribution in [3.63, 3.8) is 0 Å². The van der Waals surface area contributed by atoms with E-state index in [9.17, 15) is 13.2 Å². The molecule has 6 heteroatoms. The van der Waals surface area contributed by atoms with Crippen LogP contribution in [0.25, 0.3) is 0 Å². The van der Waals surface area contributed by atoms with E-state index in [0.29, 0.717) is 5.92 Å². The molecule has 1 aromatic carbocycles. The summed E-state index contributed by atoms with van der Waals surface area (Å²) in [5.74, 6) is 0.570. The second-order valence-corrected chi connectivity index (χ2v) is 8.71. The number of sulfone groups is 1. The van der Waals surface area contributed by atoms with Crippen LogP contribution in [0.15, 0.2) is 30.3 Å². The van der Waals surface area contributed by atoms with Crippen LogP contribution in [-0.2, 0) is 14.6 Å². The van der Waals surface area contributed by atoms with Gasteiger partial charge in [-0.3, -0.25) is 4.79 Å². The molecule has 1 fully saturated rings. The van der Waals surface area contributed by atoms with Gasteiger partial charge in [0.2, 0.25) is 5.91 Å². The zero-order valence-electron chi connectivity index (χ0n) is 13.9. The second-order valence-electron chi connectivity index (χ2n) is 6.52. The van der Waals surface area contributed by atoms with Crippen molar-refractivity contribution in [2.45, 2.75) is 25.8 Å². The monoisotopic (exact) mass is 338 g/mol. The standard InChI is InChI=1S/C17H26N2O3S/c1-14-7-6-10-19(12-14)17(20)11-18-16(13-23(2,21)22)15-8-4-3-5-9-15/h3-5,8-9,14,16,18H,6-7,10-13H2,1-2H3/t14-,16+/m1/s1. The Hall–Kier alpha value is -1.40. The lowest BCUT2D eigenvalue weighted by Gasteiger charge is -2.31. The lowest BCUT2D eigenvalue weighted by molar-refractivity contribution is -0.132. The van der Waals surface area contributed by atoms with E-state index in [2.05, 4.69) is 12.2 Å². The van der Waals surface area contributed by atoms with Crippen molar-refractivity contribution in [2.24, 2.45) is 5.92 Å². The van der Waals surface area contributed by atoms with E-state index < -0.39 is 9.84 Å². The SMILES string of the molecule is C[C@@H]1CCCN(C(=O)CN[C@@H](CS(C)(=O)=O)c2ccccc2)C1. The van der Waals surface area contributed by atoms with Crippen molar-refractivity contribution in [3.8, 4) is 0 Å². The summed E-state index contributed by atoms with van der Waals surface area (Å²) in [5.41, 5.74) is 0.887. The Morgan fingerprint density at radius 2 is 2.04 bits per heavy atom. The third-order valence-electron chi connectivity index (χ3n) is 4.18. The van der Waals surface area contributed by atoms with Crippen molar-refractivity contribution in [1.82, 2.24) is 10.2 Å². The van der Waals surface area contributed by atoms with Crippen LogP contribution in [0, 0.1) is 5.92 Å². The average Bonchev–Trinajstić information content (AvgIpc) is 2.51. The summed E-state index contributed by atoms with van der Waals surface area (Å²) in [7, 11) is -3.14. The molecule has 0 aliphatic carbocycles. The molecule has 1 aromatic rings. The Balaban J connectivity index is 1.99. The Kier molecular flexibility index (Phi) is 6.18. The summed E-state index contributed by atoms with van der Waals surface area (Å²) in [5, 5.41) is 3.13. The van der Waals surface area contributed by atoms with Crippen molar-refractivity contribution < 1.29 is 13.2 Å². The maximum Gasteiger partial charge on any atom is 0.236 e. The highest BCUT2D eigenvalue weighted by Crippen LogP contribution is 2.17. The number of hydrogen-bond donors (Lipinski definition) is 1. The smallest absolute Gasteiger partial charge is 0.236 e. The van der Waals surface area contributed by atoms with Gasteiger partial charge in [0.05, 0.1) is 12.3 Å². The third-order valence-corrected chi connectivity index (χ3v) is 5.12. The molecule has 0 unspecified atom stereocenters. The summed E-state index contributed by atoms with van der Waals surface area (Å²) in [4.78, 5) is 14.2. The van der Waals surface area contributed by atoms with Crippen LogP contribution < -0.4 is 5.32 Å². The van der Waals surface area contributed by atoms with Gasteiger partial charge in [0.25, 0.3) is 0 Å². The number of nitrogens with one attached hydrogen (secondary N) is 1. The van der Waals surface area contributed by atoms with Gasteiger partial charge in [-0.1, -0.05) is 37.3 Å². The summed E-state index contributed by atoms with van der Waals surface area (Å²) >= 11 is 0. The Bertz CT molecular complexity index is 616. The van der Waals surface area contributed by atoms with Gasteiger partial charge in [0.1, 0.15) is 9.84 Å². The van der Waals surface area contributed by atoms with Crippen LogP contribution in [0.1, 0.15) is 31.4 Å². The molecule has 2 atom stereocenters. The van der Waals surface area contributed by atoms with Gasteiger partial charge in [0, 0.05) is 25.4 Å². The molecule has 0 bridgehead atoms. The van der Waals surface area contributed by atoms with Crippen molar-refractivity contribution in [3.05, 3.63) is 35.9 Å². The highest BCUT2D eigenvalue weighted by molar-refractivity contribution is 7.90. The molecule has 1 N–H and O–H groups in total. The number of likely N-dealkylation sites (tertiary alicyclic amines) is 1. The van der Waals surface area contributed by atoms with E-state index in [-0.39, 0.29) is 24.2 Å². The predicted octanol–water partition coefficient (Wildman–Crippen LogP) is 1.62. The van der Waals surface area contributed by atoms with Gasteiger partial charge in [-0.25, -0.2) is 8.42 Å². The maximum atomic E-state index is 12.4. The van der Waals surface area contributed by atoms with E-state index in [1.807, 2.05) is 35.2 Å². The number of hydrogen-bond acceptors (Lipinski definition) is 4.